The first-order valence-electron chi connectivity index (χ1n) is 7.89. The van der Waals surface area contributed by atoms with Crippen LogP contribution in [-0.4, -0.2) is 23.2 Å². The van der Waals surface area contributed by atoms with E-state index >= 15 is 0 Å². The molecule has 0 bridgehead atoms. The third-order valence-corrected chi connectivity index (χ3v) is 3.73. The highest BCUT2D eigenvalue weighted by atomic mass is 19.1. The van der Waals surface area contributed by atoms with Crippen LogP contribution < -0.4 is 10.1 Å². The number of hydrogen-bond donors (Lipinski definition) is 2. The number of benzene rings is 2. The molecule has 2 N–H and O–H groups in total. The fourth-order valence-corrected chi connectivity index (χ4v) is 2.08. The number of anilines is 1. The molecule has 0 spiro atoms. The van der Waals surface area contributed by atoms with Crippen molar-refractivity contribution < 1.29 is 19.0 Å². The maximum Gasteiger partial charge on any atom is 0.259 e. The molecular formula is C20H20FN3O3. The van der Waals surface area contributed by atoms with Crippen molar-refractivity contribution in [2.24, 2.45) is 0 Å². The topological polar surface area (TPSA) is 86.7 Å². The standard InChI is InChI=1S/C19H19FN2O3.CHN/c1-12-5-7-15(10-16(12)20)25-11-19(3,24)18(23)22-14-6-8-17(21-4)13(2)9-14;1-2/h5-10,24H,11H2,1-3H3,(H,22,23);1H/t19-;/m0./s1. The van der Waals surface area contributed by atoms with E-state index < -0.39 is 17.3 Å². The molecule has 6 nitrogen and oxygen atoms in total. The van der Waals surface area contributed by atoms with Crippen molar-refractivity contribution in [1.29, 1.82) is 5.26 Å². The van der Waals surface area contributed by atoms with Gasteiger partial charge in [-0.15, -0.1) is 0 Å². The molecule has 0 saturated carbocycles. The molecule has 7 heteroatoms. The highest BCUT2D eigenvalue weighted by Crippen LogP contribution is 2.23. The molecule has 1 atom stereocenters. The number of rotatable bonds is 5. The van der Waals surface area contributed by atoms with E-state index in [4.69, 9.17) is 16.6 Å². The highest BCUT2D eigenvalue weighted by molar-refractivity contribution is 5.97. The average Bonchev–Trinajstić information content (AvgIpc) is 2.64. The molecule has 0 fully saturated rings. The predicted molar refractivity (Wildman–Crippen MR) is 100.0 cm³/mol. The van der Waals surface area contributed by atoms with Crippen molar-refractivity contribution in [3.63, 3.8) is 0 Å². The Morgan fingerprint density at radius 1 is 1.30 bits per heavy atom. The number of carbonyl (C=O) groups excluding carboxylic acids is 1. The normalized spacial score (nSPS) is 11.9. The molecule has 2 rings (SSSR count). The van der Waals surface area contributed by atoms with Crippen LogP contribution in [0.1, 0.15) is 18.1 Å². The van der Waals surface area contributed by atoms with Gasteiger partial charge in [0.1, 0.15) is 18.2 Å². The minimum atomic E-state index is -1.81. The van der Waals surface area contributed by atoms with Crippen LogP contribution in [0.15, 0.2) is 36.4 Å². The number of carbonyl (C=O) groups is 1. The minimum Gasteiger partial charge on any atom is -0.490 e. The molecular weight excluding hydrogens is 349 g/mol. The molecule has 0 radical (unpaired) electrons. The van der Waals surface area contributed by atoms with Gasteiger partial charge in [-0.2, -0.15) is 0 Å². The second-order valence-corrected chi connectivity index (χ2v) is 6.04. The number of nitrogens with zero attached hydrogens (tertiary/aromatic N) is 2. The first-order valence-corrected chi connectivity index (χ1v) is 7.89. The number of halogens is 1. The quantitative estimate of drug-likeness (QED) is 0.783. The van der Waals surface area contributed by atoms with Crippen LogP contribution in [0.4, 0.5) is 15.8 Å². The zero-order valence-corrected chi connectivity index (χ0v) is 15.3. The number of nitriles is 1. The van der Waals surface area contributed by atoms with E-state index in [-0.39, 0.29) is 12.4 Å². The zero-order chi connectivity index (χ0) is 20.6. The van der Waals surface area contributed by atoms with Gasteiger partial charge in [0.05, 0.1) is 6.57 Å². The van der Waals surface area contributed by atoms with Gasteiger partial charge in [0, 0.05) is 18.3 Å². The summed E-state index contributed by atoms with van der Waals surface area (Å²) in [4.78, 5) is 15.6. The van der Waals surface area contributed by atoms with Crippen LogP contribution >= 0.6 is 0 Å². The van der Waals surface area contributed by atoms with Gasteiger partial charge in [0.2, 0.25) is 0 Å². The van der Waals surface area contributed by atoms with Gasteiger partial charge in [0.15, 0.2) is 11.3 Å². The Balaban J connectivity index is 0.00000176. The third kappa shape index (κ3) is 5.81. The predicted octanol–water partition coefficient (Wildman–Crippen LogP) is 3.90. The smallest absolute Gasteiger partial charge is 0.259 e. The Hall–Kier alpha value is -3.42. The van der Waals surface area contributed by atoms with E-state index in [1.54, 1.807) is 44.2 Å². The van der Waals surface area contributed by atoms with Crippen LogP contribution in [0, 0.1) is 38.1 Å². The fourth-order valence-electron chi connectivity index (χ4n) is 2.08. The number of nitrogens with one attached hydrogen (secondary N) is 1. The van der Waals surface area contributed by atoms with E-state index in [9.17, 15) is 14.3 Å². The lowest BCUT2D eigenvalue weighted by Crippen LogP contribution is -2.45. The zero-order valence-electron chi connectivity index (χ0n) is 15.3. The number of amides is 1. The van der Waals surface area contributed by atoms with E-state index in [1.165, 1.54) is 13.0 Å². The number of ether oxygens (including phenoxy) is 1. The number of aliphatic hydroxyl groups is 1. The molecule has 0 aliphatic carbocycles. The highest BCUT2D eigenvalue weighted by Gasteiger charge is 2.31. The molecule has 0 saturated heterocycles. The van der Waals surface area contributed by atoms with Crippen molar-refractivity contribution >= 4 is 17.3 Å². The van der Waals surface area contributed by atoms with Crippen LogP contribution in [0.25, 0.3) is 4.85 Å². The summed E-state index contributed by atoms with van der Waals surface area (Å²) in [5, 5.41) is 19.4. The van der Waals surface area contributed by atoms with E-state index in [2.05, 4.69) is 16.7 Å². The molecule has 140 valence electrons. The molecule has 1 amide bonds. The second kappa shape index (κ2) is 9.33. The Bertz CT molecular complexity index is 886. The Labute approximate surface area is 157 Å². The first kappa shape index (κ1) is 21.6. The van der Waals surface area contributed by atoms with Gasteiger partial charge in [0.25, 0.3) is 5.91 Å². The molecule has 0 aliphatic heterocycles. The fraction of sp³-hybridized carbons (Fsp3) is 0.250. The molecule has 0 aromatic heterocycles. The maximum absolute atomic E-state index is 13.5. The monoisotopic (exact) mass is 369 g/mol. The number of hydrogen-bond acceptors (Lipinski definition) is 4. The van der Waals surface area contributed by atoms with Gasteiger partial charge in [-0.1, -0.05) is 12.1 Å². The summed E-state index contributed by atoms with van der Waals surface area (Å²) >= 11 is 0. The largest absolute Gasteiger partial charge is 0.490 e. The van der Waals surface area contributed by atoms with Crippen LogP contribution in [0.3, 0.4) is 0 Å². The van der Waals surface area contributed by atoms with Gasteiger partial charge in [-0.05, 0) is 50.1 Å². The average molecular weight is 369 g/mol. The second-order valence-electron chi connectivity index (χ2n) is 6.04. The van der Waals surface area contributed by atoms with E-state index in [0.29, 0.717) is 16.9 Å². The first-order chi connectivity index (χ1) is 12.7. The maximum atomic E-state index is 13.5. The van der Waals surface area contributed by atoms with Crippen molar-refractivity contribution in [3.05, 3.63) is 64.8 Å². The summed E-state index contributed by atoms with van der Waals surface area (Å²) in [6.07, 6.45) is 0. The van der Waals surface area contributed by atoms with Gasteiger partial charge < -0.3 is 15.2 Å². The summed E-state index contributed by atoms with van der Waals surface area (Å²) in [6.45, 7) is 14.9. The summed E-state index contributed by atoms with van der Waals surface area (Å²) in [6, 6.07) is 9.16. The Kier molecular flexibility index (Phi) is 7.47. The summed E-state index contributed by atoms with van der Waals surface area (Å²) in [5.41, 5.74) is 0.355. The lowest BCUT2D eigenvalue weighted by molar-refractivity contribution is -0.135. The van der Waals surface area contributed by atoms with Crippen LogP contribution in [0.2, 0.25) is 0 Å². The summed E-state index contributed by atoms with van der Waals surface area (Å²) in [7, 11) is 0. The van der Waals surface area contributed by atoms with Gasteiger partial charge in [-0.3, -0.25) is 4.79 Å². The number of aryl methyl sites for hydroxylation is 2. The van der Waals surface area contributed by atoms with Crippen LogP contribution in [-0.2, 0) is 4.79 Å². The molecule has 2 aromatic rings. The van der Waals surface area contributed by atoms with E-state index in [0.717, 1.165) is 5.56 Å². The van der Waals surface area contributed by atoms with Crippen molar-refractivity contribution in [3.8, 4) is 12.3 Å². The van der Waals surface area contributed by atoms with Crippen molar-refractivity contribution in [2.75, 3.05) is 11.9 Å². The van der Waals surface area contributed by atoms with E-state index in [1.807, 2.05) is 0 Å². The Morgan fingerprint density at radius 2 is 1.96 bits per heavy atom. The lowest BCUT2D eigenvalue weighted by Gasteiger charge is -2.23. The van der Waals surface area contributed by atoms with Crippen LogP contribution in [0.5, 0.6) is 5.75 Å². The van der Waals surface area contributed by atoms with Gasteiger partial charge >= 0.3 is 0 Å². The third-order valence-electron chi connectivity index (χ3n) is 3.73. The molecule has 0 heterocycles. The molecule has 0 aliphatic rings. The lowest BCUT2D eigenvalue weighted by atomic mass is 10.1. The van der Waals surface area contributed by atoms with Gasteiger partial charge in [-0.25, -0.2) is 14.5 Å². The Morgan fingerprint density at radius 3 is 2.52 bits per heavy atom. The molecule has 0 unspecified atom stereocenters. The van der Waals surface area contributed by atoms with Crippen molar-refractivity contribution in [2.45, 2.75) is 26.4 Å². The summed E-state index contributed by atoms with van der Waals surface area (Å²) in [5.74, 6) is -0.847. The van der Waals surface area contributed by atoms with Crippen molar-refractivity contribution in [1.82, 2.24) is 0 Å². The minimum absolute atomic E-state index is 0.230. The molecule has 27 heavy (non-hydrogen) atoms. The SMILES string of the molecule is C#N.[C-]#[N+]c1ccc(NC(=O)[C@@](C)(O)COc2ccc(C)c(F)c2)cc1C. The molecule has 2 aromatic carbocycles. The summed E-state index contributed by atoms with van der Waals surface area (Å²) < 4.78 is 18.8.